The third kappa shape index (κ3) is 5.08. The minimum absolute atomic E-state index is 0.0674. The molecule has 27 heavy (non-hydrogen) atoms. The third-order valence-corrected chi connectivity index (χ3v) is 6.61. The molecule has 7 nitrogen and oxygen atoms in total. The first-order valence-electron chi connectivity index (χ1n) is 8.88. The second-order valence-corrected chi connectivity index (χ2v) is 8.49. The molecule has 1 unspecified atom stereocenters. The van der Waals surface area contributed by atoms with E-state index in [1.54, 1.807) is 13.0 Å². The highest BCUT2D eigenvalue weighted by molar-refractivity contribution is 7.89. The first-order valence-corrected chi connectivity index (χ1v) is 10.3. The summed E-state index contributed by atoms with van der Waals surface area (Å²) in [6, 6.07) is 4.43. The molecule has 0 aliphatic carbocycles. The number of sulfonamides is 1. The van der Waals surface area contributed by atoms with E-state index in [4.69, 9.17) is 6.42 Å². The van der Waals surface area contributed by atoms with Crippen LogP contribution in [0.25, 0.3) is 0 Å². The first kappa shape index (κ1) is 20.9. The summed E-state index contributed by atoms with van der Waals surface area (Å²) < 4.78 is 27.5. The van der Waals surface area contributed by atoms with Gasteiger partial charge in [0.15, 0.2) is 0 Å². The number of amides is 2. The van der Waals surface area contributed by atoms with Crippen LogP contribution in [0, 0.1) is 19.3 Å². The summed E-state index contributed by atoms with van der Waals surface area (Å²) in [5, 5.41) is 4.93. The second-order valence-electron chi connectivity index (χ2n) is 6.60. The molecule has 1 atom stereocenters. The molecule has 1 fully saturated rings. The molecule has 0 spiro atoms. The lowest BCUT2D eigenvalue weighted by molar-refractivity contribution is -0.119. The van der Waals surface area contributed by atoms with Crippen LogP contribution in [0.15, 0.2) is 23.1 Å². The minimum Gasteiger partial charge on any atom is -0.344 e. The van der Waals surface area contributed by atoms with Gasteiger partial charge in [0.1, 0.15) is 0 Å². The van der Waals surface area contributed by atoms with Gasteiger partial charge in [-0.05, 0) is 44.4 Å². The summed E-state index contributed by atoms with van der Waals surface area (Å²) in [6.07, 6.45) is 7.72. The standard InChI is InChI=1S/C19H25N3O4S/c1-4-10-20-18(23)13-21-19(24)17-12-16(9-8-14(17)2)27(25,26)22-11-6-5-7-15(22)3/h1,8-9,12,15H,5-7,10-11,13H2,2-3H3,(H,20,23)(H,21,24). The molecule has 1 aliphatic heterocycles. The van der Waals surface area contributed by atoms with E-state index in [1.807, 2.05) is 6.92 Å². The van der Waals surface area contributed by atoms with Crippen LogP contribution in [0.5, 0.6) is 0 Å². The molecule has 1 aliphatic rings. The lowest BCUT2D eigenvalue weighted by Gasteiger charge is -2.32. The maximum Gasteiger partial charge on any atom is 0.252 e. The average molecular weight is 391 g/mol. The number of nitrogens with zero attached hydrogens (tertiary/aromatic N) is 1. The van der Waals surface area contributed by atoms with Gasteiger partial charge in [-0.25, -0.2) is 8.42 Å². The molecule has 1 aromatic rings. The van der Waals surface area contributed by atoms with Crippen molar-refractivity contribution < 1.29 is 18.0 Å². The first-order chi connectivity index (χ1) is 12.8. The van der Waals surface area contributed by atoms with E-state index < -0.39 is 21.8 Å². The molecule has 1 heterocycles. The van der Waals surface area contributed by atoms with E-state index in [1.165, 1.54) is 16.4 Å². The largest absolute Gasteiger partial charge is 0.344 e. The SMILES string of the molecule is C#CCNC(=O)CNC(=O)c1cc(S(=O)(=O)N2CCCCC2C)ccc1C. The van der Waals surface area contributed by atoms with Crippen molar-refractivity contribution in [1.82, 2.24) is 14.9 Å². The monoisotopic (exact) mass is 391 g/mol. The molecule has 8 heteroatoms. The molecule has 2 rings (SSSR count). The summed E-state index contributed by atoms with van der Waals surface area (Å²) >= 11 is 0. The number of hydrogen-bond donors (Lipinski definition) is 2. The van der Waals surface area contributed by atoms with Gasteiger partial charge in [0.2, 0.25) is 15.9 Å². The molecule has 0 saturated carbocycles. The number of benzene rings is 1. The molecule has 0 aromatic heterocycles. The highest BCUT2D eigenvalue weighted by Gasteiger charge is 2.31. The Kier molecular flexibility index (Phi) is 6.99. The molecule has 0 bridgehead atoms. The topological polar surface area (TPSA) is 95.6 Å². The quantitative estimate of drug-likeness (QED) is 0.708. The van der Waals surface area contributed by atoms with Gasteiger partial charge in [0.05, 0.1) is 18.0 Å². The number of aryl methyl sites for hydroxylation is 1. The van der Waals surface area contributed by atoms with Crippen LogP contribution in [0.3, 0.4) is 0 Å². The molecule has 1 saturated heterocycles. The van der Waals surface area contributed by atoms with Crippen LogP contribution in [0.2, 0.25) is 0 Å². The molecular weight excluding hydrogens is 366 g/mol. The number of hydrogen-bond acceptors (Lipinski definition) is 4. The van der Waals surface area contributed by atoms with Gasteiger partial charge in [-0.1, -0.05) is 18.4 Å². The number of piperidine rings is 1. The highest BCUT2D eigenvalue weighted by Crippen LogP contribution is 2.26. The zero-order valence-corrected chi connectivity index (χ0v) is 16.4. The Morgan fingerprint density at radius 2 is 2.04 bits per heavy atom. The Labute approximate surface area is 160 Å². The van der Waals surface area contributed by atoms with Gasteiger partial charge < -0.3 is 10.6 Å². The third-order valence-electron chi connectivity index (χ3n) is 4.60. The van der Waals surface area contributed by atoms with Crippen molar-refractivity contribution in [3.63, 3.8) is 0 Å². The Bertz CT molecular complexity index is 858. The minimum atomic E-state index is -3.68. The molecule has 146 valence electrons. The molecule has 2 amide bonds. The van der Waals surface area contributed by atoms with E-state index in [9.17, 15) is 18.0 Å². The van der Waals surface area contributed by atoms with Crippen LogP contribution in [-0.4, -0.2) is 50.2 Å². The van der Waals surface area contributed by atoms with Crippen molar-refractivity contribution in [1.29, 1.82) is 0 Å². The zero-order chi connectivity index (χ0) is 20.0. The number of terminal acetylenes is 1. The van der Waals surface area contributed by atoms with E-state index in [2.05, 4.69) is 16.6 Å². The second kappa shape index (κ2) is 9.02. The maximum atomic E-state index is 13.0. The number of rotatable bonds is 6. The van der Waals surface area contributed by atoms with E-state index >= 15 is 0 Å². The van der Waals surface area contributed by atoms with Crippen molar-refractivity contribution in [3.8, 4) is 12.3 Å². The summed E-state index contributed by atoms with van der Waals surface area (Å²) in [5.74, 6) is 1.35. The van der Waals surface area contributed by atoms with Crippen molar-refractivity contribution in [2.45, 2.75) is 44.0 Å². The van der Waals surface area contributed by atoms with Gasteiger partial charge in [-0.3, -0.25) is 9.59 Å². The Morgan fingerprint density at radius 3 is 2.70 bits per heavy atom. The molecular formula is C19H25N3O4S. The van der Waals surface area contributed by atoms with Gasteiger partial charge in [0.25, 0.3) is 5.91 Å². The van der Waals surface area contributed by atoms with Gasteiger partial charge in [-0.15, -0.1) is 6.42 Å². The van der Waals surface area contributed by atoms with Crippen LogP contribution < -0.4 is 10.6 Å². The maximum absolute atomic E-state index is 13.0. The van der Waals surface area contributed by atoms with Crippen LogP contribution >= 0.6 is 0 Å². The lowest BCUT2D eigenvalue weighted by atomic mass is 10.1. The van der Waals surface area contributed by atoms with E-state index in [0.29, 0.717) is 12.1 Å². The fourth-order valence-electron chi connectivity index (χ4n) is 3.04. The summed E-state index contributed by atoms with van der Waals surface area (Å²) in [4.78, 5) is 24.1. The fraction of sp³-hybridized carbons (Fsp3) is 0.474. The predicted molar refractivity (Wildman–Crippen MR) is 103 cm³/mol. The van der Waals surface area contributed by atoms with Crippen LogP contribution in [0.4, 0.5) is 0 Å². The van der Waals surface area contributed by atoms with Crippen LogP contribution in [-0.2, 0) is 14.8 Å². The Balaban J connectivity index is 2.19. The van der Waals surface area contributed by atoms with Crippen molar-refractivity contribution in [3.05, 3.63) is 29.3 Å². The van der Waals surface area contributed by atoms with Gasteiger partial charge in [-0.2, -0.15) is 4.31 Å². The lowest BCUT2D eigenvalue weighted by Crippen LogP contribution is -2.42. The van der Waals surface area contributed by atoms with E-state index in [0.717, 1.165) is 19.3 Å². The van der Waals surface area contributed by atoms with Gasteiger partial charge in [0, 0.05) is 18.2 Å². The Hall–Kier alpha value is -2.37. The smallest absolute Gasteiger partial charge is 0.252 e. The number of nitrogens with one attached hydrogen (secondary N) is 2. The average Bonchev–Trinajstić information content (AvgIpc) is 2.64. The van der Waals surface area contributed by atoms with Crippen molar-refractivity contribution in [2.24, 2.45) is 0 Å². The van der Waals surface area contributed by atoms with Crippen molar-refractivity contribution >= 4 is 21.8 Å². The molecule has 0 radical (unpaired) electrons. The summed E-state index contributed by atoms with van der Waals surface area (Å²) in [7, 11) is -3.68. The molecule has 2 N–H and O–H groups in total. The fourth-order valence-corrected chi connectivity index (χ4v) is 4.76. The predicted octanol–water partition coefficient (Wildman–Crippen LogP) is 1.04. The normalized spacial score (nSPS) is 17.7. The summed E-state index contributed by atoms with van der Waals surface area (Å²) in [6.45, 7) is 3.93. The summed E-state index contributed by atoms with van der Waals surface area (Å²) in [5.41, 5.74) is 0.854. The van der Waals surface area contributed by atoms with Crippen molar-refractivity contribution in [2.75, 3.05) is 19.6 Å². The van der Waals surface area contributed by atoms with E-state index in [-0.39, 0.29) is 29.6 Å². The zero-order valence-electron chi connectivity index (χ0n) is 15.6. The van der Waals surface area contributed by atoms with Gasteiger partial charge >= 0.3 is 0 Å². The molecule has 1 aromatic carbocycles. The van der Waals surface area contributed by atoms with Crippen LogP contribution in [0.1, 0.15) is 42.1 Å². The highest BCUT2D eigenvalue weighted by atomic mass is 32.2. The number of carbonyl (C=O) groups excluding carboxylic acids is 2. The number of carbonyl (C=O) groups is 2. The Morgan fingerprint density at radius 1 is 1.30 bits per heavy atom.